The maximum Gasteiger partial charge on any atom is 0.326 e. The van der Waals surface area contributed by atoms with E-state index in [0.29, 0.717) is 5.56 Å². The van der Waals surface area contributed by atoms with Gasteiger partial charge in [-0.2, -0.15) is 5.26 Å². The fraction of sp³-hybridized carbons (Fsp3) is 0.231. The number of hydrogen-bond acceptors (Lipinski definition) is 4. The number of carboxylic acid groups (broad SMARTS) is 1. The Labute approximate surface area is 115 Å². The molecule has 7 heteroatoms. The molecule has 104 valence electrons. The van der Waals surface area contributed by atoms with Crippen LogP contribution in [0.1, 0.15) is 28.8 Å². The lowest BCUT2D eigenvalue weighted by Crippen LogP contribution is -2.41. The van der Waals surface area contributed by atoms with E-state index in [1.165, 1.54) is 24.3 Å². The van der Waals surface area contributed by atoms with E-state index < -0.39 is 23.8 Å². The minimum Gasteiger partial charge on any atom is -0.480 e. The van der Waals surface area contributed by atoms with E-state index in [0.717, 1.165) is 0 Å². The highest BCUT2D eigenvalue weighted by Gasteiger charge is 2.21. The minimum atomic E-state index is -1.24. The summed E-state index contributed by atoms with van der Waals surface area (Å²) in [5, 5.41) is 19.9. The van der Waals surface area contributed by atoms with Crippen molar-refractivity contribution in [1.29, 1.82) is 5.26 Å². The Morgan fingerprint density at radius 3 is 2.35 bits per heavy atom. The van der Waals surface area contributed by atoms with Gasteiger partial charge in [0.1, 0.15) is 6.04 Å². The van der Waals surface area contributed by atoms with Crippen LogP contribution >= 0.6 is 0 Å². The molecule has 1 aromatic rings. The van der Waals surface area contributed by atoms with Gasteiger partial charge in [0.2, 0.25) is 5.91 Å². The highest BCUT2D eigenvalue weighted by Crippen LogP contribution is 2.05. The van der Waals surface area contributed by atoms with E-state index in [2.05, 4.69) is 5.32 Å². The molecule has 20 heavy (non-hydrogen) atoms. The number of carbonyl (C=O) groups is 3. The van der Waals surface area contributed by atoms with Gasteiger partial charge < -0.3 is 16.2 Å². The van der Waals surface area contributed by atoms with Gasteiger partial charge in [-0.15, -0.1) is 0 Å². The zero-order chi connectivity index (χ0) is 15.1. The smallest absolute Gasteiger partial charge is 0.326 e. The molecule has 0 heterocycles. The van der Waals surface area contributed by atoms with Gasteiger partial charge in [-0.25, -0.2) is 4.79 Å². The molecule has 1 atom stereocenters. The summed E-state index contributed by atoms with van der Waals surface area (Å²) in [6.45, 7) is 0. The first kappa shape index (κ1) is 15.2. The lowest BCUT2D eigenvalue weighted by atomic mass is 10.1. The summed E-state index contributed by atoms with van der Waals surface area (Å²) < 4.78 is 0. The second kappa shape index (κ2) is 6.89. The number of nitrogens with zero attached hydrogens (tertiary/aromatic N) is 1. The summed E-state index contributed by atoms with van der Waals surface area (Å²) in [5.74, 6) is -2.47. The predicted molar refractivity (Wildman–Crippen MR) is 68.5 cm³/mol. The van der Waals surface area contributed by atoms with Gasteiger partial charge in [-0.1, -0.05) is 0 Å². The maximum atomic E-state index is 11.8. The van der Waals surface area contributed by atoms with Gasteiger partial charge >= 0.3 is 5.97 Å². The van der Waals surface area contributed by atoms with Crippen molar-refractivity contribution in [2.45, 2.75) is 18.9 Å². The molecule has 0 aromatic heterocycles. The molecular weight excluding hydrogens is 262 g/mol. The number of primary amides is 1. The van der Waals surface area contributed by atoms with Crippen LogP contribution in [0.3, 0.4) is 0 Å². The lowest BCUT2D eigenvalue weighted by Gasteiger charge is -2.13. The van der Waals surface area contributed by atoms with E-state index in [-0.39, 0.29) is 18.4 Å². The summed E-state index contributed by atoms with van der Waals surface area (Å²) in [4.78, 5) is 33.4. The standard InChI is InChI=1S/C13H13N3O4/c14-7-8-1-3-9(4-2-8)12(18)16-10(13(19)20)5-6-11(15)17/h1-4,10H,5-6H2,(H2,15,17)(H,16,18)(H,19,20)/t10-/m1/s1. The third-order valence-corrected chi connectivity index (χ3v) is 2.56. The SMILES string of the molecule is N#Cc1ccc(C(=O)N[C@H](CCC(N)=O)C(=O)O)cc1. The molecule has 0 unspecified atom stereocenters. The monoisotopic (exact) mass is 275 g/mol. The van der Waals surface area contributed by atoms with E-state index in [1.807, 2.05) is 6.07 Å². The molecule has 0 bridgehead atoms. The molecule has 0 aliphatic rings. The first-order chi connectivity index (χ1) is 9.43. The van der Waals surface area contributed by atoms with Crippen LogP contribution in [0.25, 0.3) is 0 Å². The molecule has 4 N–H and O–H groups in total. The summed E-state index contributed by atoms with van der Waals surface area (Å²) >= 11 is 0. The normalized spacial score (nSPS) is 11.2. The van der Waals surface area contributed by atoms with Gasteiger partial charge in [-0.3, -0.25) is 9.59 Å². The van der Waals surface area contributed by atoms with Crippen LogP contribution in [-0.2, 0) is 9.59 Å². The summed E-state index contributed by atoms with van der Waals surface area (Å²) in [7, 11) is 0. The van der Waals surface area contributed by atoms with Crippen molar-refractivity contribution < 1.29 is 19.5 Å². The van der Waals surface area contributed by atoms with Crippen LogP contribution in [0.4, 0.5) is 0 Å². The number of aliphatic carboxylic acids is 1. The quantitative estimate of drug-likeness (QED) is 0.672. The van der Waals surface area contributed by atoms with Crippen molar-refractivity contribution in [2.75, 3.05) is 0 Å². The number of benzene rings is 1. The van der Waals surface area contributed by atoms with E-state index >= 15 is 0 Å². The number of nitrogens with one attached hydrogen (secondary N) is 1. The minimum absolute atomic E-state index is 0.0767. The van der Waals surface area contributed by atoms with Crippen molar-refractivity contribution in [2.24, 2.45) is 5.73 Å². The molecule has 0 saturated heterocycles. The zero-order valence-corrected chi connectivity index (χ0v) is 10.5. The van der Waals surface area contributed by atoms with Gasteiger partial charge in [0.25, 0.3) is 5.91 Å². The highest BCUT2D eigenvalue weighted by atomic mass is 16.4. The van der Waals surface area contributed by atoms with E-state index in [9.17, 15) is 14.4 Å². The Bertz CT molecular complexity index is 560. The van der Waals surface area contributed by atoms with Crippen LogP contribution in [-0.4, -0.2) is 28.9 Å². The summed E-state index contributed by atoms with van der Waals surface area (Å²) in [6.07, 6.45) is -0.211. The molecule has 0 spiro atoms. The predicted octanol–water partition coefficient (Wildman–Crippen LogP) is 0.00678. The second-order valence-corrected chi connectivity index (χ2v) is 4.06. The first-order valence-electron chi connectivity index (χ1n) is 5.76. The third-order valence-electron chi connectivity index (χ3n) is 2.56. The Hall–Kier alpha value is -2.88. The molecule has 7 nitrogen and oxygen atoms in total. The average Bonchev–Trinajstić information content (AvgIpc) is 2.42. The van der Waals surface area contributed by atoms with Gasteiger partial charge in [0, 0.05) is 12.0 Å². The number of rotatable bonds is 6. The molecular formula is C13H13N3O4. The molecule has 0 aliphatic carbocycles. The summed E-state index contributed by atoms with van der Waals surface area (Å²) in [5.41, 5.74) is 5.56. The van der Waals surface area contributed by atoms with E-state index in [1.54, 1.807) is 0 Å². The third kappa shape index (κ3) is 4.42. The molecule has 0 aliphatic heterocycles. The van der Waals surface area contributed by atoms with E-state index in [4.69, 9.17) is 16.1 Å². The lowest BCUT2D eigenvalue weighted by molar-refractivity contribution is -0.139. The fourth-order valence-electron chi connectivity index (χ4n) is 1.48. The number of amides is 2. The second-order valence-electron chi connectivity index (χ2n) is 4.06. The first-order valence-corrected chi connectivity index (χ1v) is 5.76. The molecule has 2 amide bonds. The molecule has 0 fully saturated rings. The Morgan fingerprint density at radius 1 is 1.30 bits per heavy atom. The van der Waals surface area contributed by atoms with Crippen molar-refractivity contribution in [1.82, 2.24) is 5.32 Å². The van der Waals surface area contributed by atoms with Crippen molar-refractivity contribution in [3.8, 4) is 6.07 Å². The number of nitriles is 1. The van der Waals surface area contributed by atoms with Crippen molar-refractivity contribution in [3.63, 3.8) is 0 Å². The van der Waals surface area contributed by atoms with Crippen LogP contribution < -0.4 is 11.1 Å². The van der Waals surface area contributed by atoms with Gasteiger partial charge in [-0.05, 0) is 30.7 Å². The zero-order valence-electron chi connectivity index (χ0n) is 10.5. The molecule has 1 aromatic carbocycles. The topological polar surface area (TPSA) is 133 Å². The van der Waals surface area contributed by atoms with Crippen molar-refractivity contribution in [3.05, 3.63) is 35.4 Å². The number of nitrogens with two attached hydrogens (primary N) is 1. The maximum absolute atomic E-state index is 11.8. The Balaban J connectivity index is 2.72. The molecule has 1 rings (SSSR count). The Kier molecular flexibility index (Phi) is 5.23. The van der Waals surface area contributed by atoms with Crippen LogP contribution in [0.2, 0.25) is 0 Å². The number of hydrogen-bond donors (Lipinski definition) is 3. The fourth-order valence-corrected chi connectivity index (χ4v) is 1.48. The van der Waals surface area contributed by atoms with Crippen LogP contribution in [0.5, 0.6) is 0 Å². The number of carboxylic acids is 1. The highest BCUT2D eigenvalue weighted by molar-refractivity contribution is 5.96. The van der Waals surface area contributed by atoms with Crippen LogP contribution in [0.15, 0.2) is 24.3 Å². The molecule has 0 saturated carbocycles. The van der Waals surface area contributed by atoms with Gasteiger partial charge in [0.05, 0.1) is 11.6 Å². The Morgan fingerprint density at radius 2 is 1.90 bits per heavy atom. The number of carbonyl (C=O) groups excluding carboxylic acids is 2. The van der Waals surface area contributed by atoms with Gasteiger partial charge in [0.15, 0.2) is 0 Å². The molecule has 0 radical (unpaired) electrons. The van der Waals surface area contributed by atoms with Crippen LogP contribution in [0, 0.1) is 11.3 Å². The van der Waals surface area contributed by atoms with Crippen molar-refractivity contribution >= 4 is 17.8 Å². The average molecular weight is 275 g/mol. The largest absolute Gasteiger partial charge is 0.480 e. The summed E-state index contributed by atoms with van der Waals surface area (Å²) in [6, 6.07) is 6.46.